The average Bonchev–Trinajstić information content (AvgIpc) is 2.96. The van der Waals surface area contributed by atoms with Gasteiger partial charge >= 0.3 is 0 Å². The Morgan fingerprint density at radius 1 is 1.12 bits per heavy atom. The van der Waals surface area contributed by atoms with Crippen molar-refractivity contribution in [3.63, 3.8) is 0 Å². The van der Waals surface area contributed by atoms with E-state index in [9.17, 15) is 4.79 Å². The standard InChI is InChI=1S/C17H14Cl2N4O/c1-11-16(22-23(21-11)14-5-3-2-4-6-14)17(24)20-10-12-7-8-13(18)9-15(12)19/h2-9H,10H2,1H3,(H,20,24). The smallest absolute Gasteiger partial charge is 0.274 e. The van der Waals surface area contributed by atoms with Gasteiger partial charge in [-0.3, -0.25) is 4.79 Å². The summed E-state index contributed by atoms with van der Waals surface area (Å²) in [5, 5.41) is 12.4. The Morgan fingerprint density at radius 3 is 2.58 bits per heavy atom. The van der Waals surface area contributed by atoms with Crippen molar-refractivity contribution in [3.05, 3.63) is 75.5 Å². The van der Waals surface area contributed by atoms with E-state index in [2.05, 4.69) is 15.5 Å². The molecule has 1 heterocycles. The molecule has 0 unspecified atom stereocenters. The first-order valence-electron chi connectivity index (χ1n) is 7.26. The average molecular weight is 361 g/mol. The number of carbonyl (C=O) groups excluding carboxylic acids is 1. The molecule has 3 rings (SSSR count). The van der Waals surface area contributed by atoms with Gasteiger partial charge in [-0.2, -0.15) is 9.90 Å². The summed E-state index contributed by atoms with van der Waals surface area (Å²) in [5.41, 5.74) is 2.41. The molecule has 0 saturated heterocycles. The number of carbonyl (C=O) groups is 1. The van der Waals surface area contributed by atoms with E-state index in [4.69, 9.17) is 23.2 Å². The first-order valence-corrected chi connectivity index (χ1v) is 8.01. The molecule has 0 atom stereocenters. The minimum atomic E-state index is -0.305. The van der Waals surface area contributed by atoms with E-state index in [-0.39, 0.29) is 18.1 Å². The van der Waals surface area contributed by atoms with Gasteiger partial charge in [-0.1, -0.05) is 47.5 Å². The van der Waals surface area contributed by atoms with Crippen LogP contribution < -0.4 is 5.32 Å². The number of rotatable bonds is 4. The largest absolute Gasteiger partial charge is 0.346 e. The zero-order valence-corrected chi connectivity index (χ0v) is 14.3. The zero-order valence-electron chi connectivity index (χ0n) is 12.8. The van der Waals surface area contributed by atoms with Crippen LogP contribution in [0.1, 0.15) is 21.7 Å². The molecular weight excluding hydrogens is 347 g/mol. The number of hydrogen-bond acceptors (Lipinski definition) is 3. The van der Waals surface area contributed by atoms with Crippen LogP contribution in [0.15, 0.2) is 48.5 Å². The van der Waals surface area contributed by atoms with E-state index in [1.54, 1.807) is 25.1 Å². The van der Waals surface area contributed by atoms with Crippen LogP contribution >= 0.6 is 23.2 Å². The fourth-order valence-corrected chi connectivity index (χ4v) is 2.66. The second-order valence-electron chi connectivity index (χ2n) is 5.18. The van der Waals surface area contributed by atoms with Gasteiger partial charge in [0.1, 0.15) is 0 Å². The maximum atomic E-state index is 12.4. The molecule has 0 aliphatic carbocycles. The van der Waals surface area contributed by atoms with Gasteiger partial charge in [0.15, 0.2) is 5.69 Å². The van der Waals surface area contributed by atoms with Crippen LogP contribution in [0.25, 0.3) is 5.69 Å². The van der Waals surface area contributed by atoms with Gasteiger partial charge in [0.25, 0.3) is 5.91 Å². The van der Waals surface area contributed by atoms with Gasteiger partial charge in [0.2, 0.25) is 0 Å². The Bertz CT molecular complexity index is 878. The summed E-state index contributed by atoms with van der Waals surface area (Å²) in [6.45, 7) is 2.03. The van der Waals surface area contributed by atoms with E-state index < -0.39 is 0 Å². The quantitative estimate of drug-likeness (QED) is 0.769. The summed E-state index contributed by atoms with van der Waals surface area (Å²) in [5.74, 6) is -0.305. The highest BCUT2D eigenvalue weighted by atomic mass is 35.5. The Morgan fingerprint density at radius 2 is 1.88 bits per heavy atom. The van der Waals surface area contributed by atoms with Crippen LogP contribution in [-0.2, 0) is 6.54 Å². The van der Waals surface area contributed by atoms with Gasteiger partial charge in [0, 0.05) is 16.6 Å². The minimum Gasteiger partial charge on any atom is -0.346 e. The van der Waals surface area contributed by atoms with Crippen molar-refractivity contribution in [2.75, 3.05) is 0 Å². The lowest BCUT2D eigenvalue weighted by atomic mass is 10.2. The molecule has 2 aromatic carbocycles. The summed E-state index contributed by atoms with van der Waals surface area (Å²) in [6, 6.07) is 14.6. The highest BCUT2D eigenvalue weighted by Crippen LogP contribution is 2.20. The first kappa shape index (κ1) is 16.5. The highest BCUT2D eigenvalue weighted by molar-refractivity contribution is 6.35. The van der Waals surface area contributed by atoms with Crippen molar-refractivity contribution in [1.82, 2.24) is 20.3 Å². The first-order chi connectivity index (χ1) is 11.5. The van der Waals surface area contributed by atoms with Gasteiger partial charge in [0.05, 0.1) is 11.4 Å². The Kier molecular flexibility index (Phi) is 4.83. The SMILES string of the molecule is Cc1nn(-c2ccccc2)nc1C(=O)NCc1ccc(Cl)cc1Cl. The van der Waals surface area contributed by atoms with Crippen molar-refractivity contribution in [1.29, 1.82) is 0 Å². The monoisotopic (exact) mass is 360 g/mol. The van der Waals surface area contributed by atoms with Crippen LogP contribution in [0.4, 0.5) is 0 Å². The van der Waals surface area contributed by atoms with Crippen LogP contribution in [0.2, 0.25) is 10.0 Å². The lowest BCUT2D eigenvalue weighted by Crippen LogP contribution is -2.24. The number of halogens is 2. The summed E-state index contributed by atoms with van der Waals surface area (Å²) >= 11 is 12.0. The predicted molar refractivity (Wildman–Crippen MR) is 93.7 cm³/mol. The molecule has 1 aromatic heterocycles. The summed E-state index contributed by atoms with van der Waals surface area (Å²) in [4.78, 5) is 13.8. The zero-order chi connectivity index (χ0) is 17.1. The third-order valence-corrected chi connectivity index (χ3v) is 4.03. The molecule has 0 fully saturated rings. The van der Waals surface area contributed by atoms with Gasteiger partial charge < -0.3 is 5.32 Å². The Hall–Kier alpha value is -2.37. The number of hydrogen-bond donors (Lipinski definition) is 1. The fraction of sp³-hybridized carbons (Fsp3) is 0.118. The van der Waals surface area contributed by atoms with Crippen LogP contribution in [0.5, 0.6) is 0 Å². The van der Waals surface area contributed by atoms with E-state index in [0.717, 1.165) is 11.3 Å². The molecule has 1 N–H and O–H groups in total. The molecule has 0 saturated carbocycles. The van der Waals surface area contributed by atoms with Crippen LogP contribution in [-0.4, -0.2) is 20.9 Å². The molecule has 0 aliphatic heterocycles. The number of benzene rings is 2. The topological polar surface area (TPSA) is 59.8 Å². The number of aryl methyl sites for hydroxylation is 1. The van der Waals surface area contributed by atoms with Gasteiger partial charge in [-0.15, -0.1) is 5.10 Å². The van der Waals surface area contributed by atoms with Crippen LogP contribution in [0, 0.1) is 6.92 Å². The minimum absolute atomic E-state index is 0.281. The second kappa shape index (κ2) is 7.03. The molecule has 0 bridgehead atoms. The number of amides is 1. The maximum absolute atomic E-state index is 12.4. The third kappa shape index (κ3) is 3.58. The lowest BCUT2D eigenvalue weighted by molar-refractivity contribution is 0.0945. The normalized spacial score (nSPS) is 10.6. The van der Waals surface area contributed by atoms with Crippen LogP contribution in [0.3, 0.4) is 0 Å². The van der Waals surface area contributed by atoms with Crippen molar-refractivity contribution in [2.24, 2.45) is 0 Å². The lowest BCUT2D eigenvalue weighted by Gasteiger charge is -2.06. The fourth-order valence-electron chi connectivity index (χ4n) is 2.19. The van der Waals surface area contributed by atoms with Gasteiger partial charge in [-0.05, 0) is 36.8 Å². The van der Waals surface area contributed by atoms with Crippen molar-refractivity contribution in [2.45, 2.75) is 13.5 Å². The predicted octanol–water partition coefficient (Wildman–Crippen LogP) is 3.81. The summed E-state index contributed by atoms with van der Waals surface area (Å²) in [6.07, 6.45) is 0. The Labute approximate surface area is 149 Å². The molecule has 3 aromatic rings. The molecule has 5 nitrogen and oxygen atoms in total. The molecule has 1 amide bonds. The van der Waals surface area contributed by atoms with E-state index in [1.165, 1.54) is 4.80 Å². The highest BCUT2D eigenvalue weighted by Gasteiger charge is 2.16. The Balaban J connectivity index is 1.75. The van der Waals surface area contributed by atoms with Crippen molar-refractivity contribution >= 4 is 29.1 Å². The number of para-hydroxylation sites is 1. The molecule has 24 heavy (non-hydrogen) atoms. The molecule has 0 radical (unpaired) electrons. The van der Waals surface area contributed by atoms with Crippen molar-refractivity contribution in [3.8, 4) is 5.69 Å². The number of nitrogens with one attached hydrogen (secondary N) is 1. The molecular formula is C17H14Cl2N4O. The van der Waals surface area contributed by atoms with Gasteiger partial charge in [-0.25, -0.2) is 0 Å². The van der Waals surface area contributed by atoms with Crippen molar-refractivity contribution < 1.29 is 4.79 Å². The summed E-state index contributed by atoms with van der Waals surface area (Å²) < 4.78 is 0. The van der Waals surface area contributed by atoms with E-state index in [1.807, 2.05) is 30.3 Å². The summed E-state index contributed by atoms with van der Waals surface area (Å²) in [7, 11) is 0. The number of aromatic nitrogens is 3. The number of nitrogens with zero attached hydrogens (tertiary/aromatic N) is 3. The molecule has 0 spiro atoms. The van der Waals surface area contributed by atoms with E-state index >= 15 is 0 Å². The van der Waals surface area contributed by atoms with E-state index in [0.29, 0.717) is 15.7 Å². The third-order valence-electron chi connectivity index (χ3n) is 3.44. The second-order valence-corrected chi connectivity index (χ2v) is 6.02. The maximum Gasteiger partial charge on any atom is 0.274 e. The molecule has 7 heteroatoms. The molecule has 122 valence electrons. The molecule has 0 aliphatic rings.